The minimum atomic E-state index is -0.374. The third-order valence-electron chi connectivity index (χ3n) is 5.15. The van der Waals surface area contributed by atoms with Crippen LogP contribution in [-0.2, 0) is 29.4 Å². The van der Waals surface area contributed by atoms with E-state index < -0.39 is 0 Å². The number of esters is 1. The fourth-order valence-electron chi connectivity index (χ4n) is 3.59. The molecule has 0 bridgehead atoms. The normalized spacial score (nSPS) is 13.0. The van der Waals surface area contributed by atoms with Gasteiger partial charge in [-0.3, -0.25) is 4.79 Å². The number of amides is 1. The highest BCUT2D eigenvalue weighted by atomic mass is 32.2. The van der Waals surface area contributed by atoms with Gasteiger partial charge in [0.25, 0.3) is 0 Å². The van der Waals surface area contributed by atoms with Crippen LogP contribution < -0.4 is 5.32 Å². The van der Waals surface area contributed by atoms with Crippen LogP contribution in [0.5, 0.6) is 0 Å². The van der Waals surface area contributed by atoms with Crippen LogP contribution in [0.25, 0.3) is 11.4 Å². The molecule has 162 valence electrons. The number of aromatic nitrogens is 3. The highest BCUT2D eigenvalue weighted by molar-refractivity contribution is 7.99. The van der Waals surface area contributed by atoms with Crippen LogP contribution in [0.2, 0.25) is 0 Å². The first-order valence-corrected chi connectivity index (χ1v) is 12.1. The van der Waals surface area contributed by atoms with E-state index in [4.69, 9.17) is 4.74 Å². The highest BCUT2D eigenvalue weighted by Gasteiger charge is 2.21. The fourth-order valence-corrected chi connectivity index (χ4v) is 5.42. The Hall–Kier alpha value is -2.65. The molecule has 0 spiro atoms. The van der Waals surface area contributed by atoms with Gasteiger partial charge in [0.15, 0.2) is 11.0 Å². The molecule has 7 nitrogen and oxygen atoms in total. The summed E-state index contributed by atoms with van der Waals surface area (Å²) in [6, 6.07) is 6.65. The Morgan fingerprint density at radius 3 is 2.74 bits per heavy atom. The summed E-state index contributed by atoms with van der Waals surface area (Å²) in [5.74, 6) is 0.553. The quantitative estimate of drug-likeness (QED) is 0.421. The number of hydrogen-bond acceptors (Lipinski definition) is 7. The number of aryl methyl sites for hydroxylation is 1. The molecule has 9 heteroatoms. The number of ether oxygens (including phenoxy) is 1. The molecule has 4 rings (SSSR count). The third kappa shape index (κ3) is 4.83. The van der Waals surface area contributed by atoms with E-state index in [0.29, 0.717) is 23.0 Å². The van der Waals surface area contributed by atoms with E-state index in [1.165, 1.54) is 40.6 Å². The molecule has 0 saturated carbocycles. The van der Waals surface area contributed by atoms with E-state index in [2.05, 4.69) is 20.9 Å². The Kier molecular flexibility index (Phi) is 6.72. The first-order valence-electron chi connectivity index (χ1n) is 10.3. The molecular weight excluding hydrogens is 432 g/mol. The Balaban J connectivity index is 1.36. The van der Waals surface area contributed by atoms with Gasteiger partial charge in [-0.05, 0) is 62.4 Å². The summed E-state index contributed by atoms with van der Waals surface area (Å²) in [4.78, 5) is 25.5. The van der Waals surface area contributed by atoms with Crippen molar-refractivity contribution in [2.75, 3.05) is 17.7 Å². The number of hydrogen-bond donors (Lipinski definition) is 1. The van der Waals surface area contributed by atoms with Crippen molar-refractivity contribution < 1.29 is 14.3 Å². The Labute approximate surface area is 189 Å². The Morgan fingerprint density at radius 1 is 1.19 bits per heavy atom. The molecule has 0 saturated heterocycles. The number of fused-ring (bicyclic) bond motifs is 1. The molecule has 1 aliphatic rings. The topological polar surface area (TPSA) is 86.1 Å². The molecule has 0 aliphatic heterocycles. The number of nitrogens with one attached hydrogen (secondary N) is 1. The monoisotopic (exact) mass is 456 g/mol. The summed E-state index contributed by atoms with van der Waals surface area (Å²) < 4.78 is 6.92. The first kappa shape index (κ1) is 21.6. The summed E-state index contributed by atoms with van der Waals surface area (Å²) in [5.41, 5.74) is 3.67. The van der Waals surface area contributed by atoms with E-state index in [1.807, 2.05) is 23.0 Å². The van der Waals surface area contributed by atoms with Gasteiger partial charge >= 0.3 is 5.97 Å². The lowest BCUT2D eigenvalue weighted by molar-refractivity contribution is -0.113. The molecule has 0 atom stereocenters. The van der Waals surface area contributed by atoms with E-state index in [-0.39, 0.29) is 17.6 Å². The largest absolute Gasteiger partial charge is 0.462 e. The second kappa shape index (κ2) is 9.65. The zero-order valence-corrected chi connectivity index (χ0v) is 19.1. The number of rotatable bonds is 7. The molecule has 1 aliphatic carbocycles. The summed E-state index contributed by atoms with van der Waals surface area (Å²) in [6.07, 6.45) is 4.73. The van der Waals surface area contributed by atoms with Crippen LogP contribution in [0.4, 0.5) is 5.69 Å². The zero-order valence-electron chi connectivity index (χ0n) is 17.5. The molecule has 3 aromatic rings. The molecule has 1 N–H and O–H groups in total. The molecule has 31 heavy (non-hydrogen) atoms. The van der Waals surface area contributed by atoms with Gasteiger partial charge in [0, 0.05) is 28.6 Å². The molecule has 1 amide bonds. The maximum atomic E-state index is 12.4. The number of carbonyl (C=O) groups is 2. The van der Waals surface area contributed by atoms with Crippen molar-refractivity contribution >= 4 is 40.7 Å². The van der Waals surface area contributed by atoms with Gasteiger partial charge in [0.1, 0.15) is 0 Å². The molecule has 1 aromatic carbocycles. The second-order valence-electron chi connectivity index (χ2n) is 7.26. The standard InChI is InChI=1S/C22H24N4O3S2/c1-3-29-21(28)14-8-10-15(11-9-14)23-19(27)13-31-22-25-24-20(26(22)2)17-12-30-18-7-5-4-6-16(17)18/h8-12H,3-7,13H2,1-2H3,(H,23,27). The molecule has 2 aromatic heterocycles. The number of thioether (sulfide) groups is 1. The average molecular weight is 457 g/mol. The molecular formula is C22H24N4O3S2. The lowest BCUT2D eigenvalue weighted by atomic mass is 9.96. The van der Waals surface area contributed by atoms with Gasteiger partial charge in [0.2, 0.25) is 5.91 Å². The number of carbonyl (C=O) groups excluding carboxylic acids is 2. The Bertz CT molecular complexity index is 1090. The van der Waals surface area contributed by atoms with Crippen LogP contribution in [0.15, 0.2) is 34.8 Å². The van der Waals surface area contributed by atoms with E-state index in [9.17, 15) is 9.59 Å². The minimum absolute atomic E-state index is 0.147. The lowest BCUT2D eigenvalue weighted by Gasteiger charge is -2.12. The van der Waals surface area contributed by atoms with Gasteiger partial charge in [0.05, 0.1) is 17.9 Å². The van der Waals surface area contributed by atoms with Crippen LogP contribution in [0.1, 0.15) is 40.6 Å². The van der Waals surface area contributed by atoms with Gasteiger partial charge in [-0.25, -0.2) is 4.79 Å². The van der Waals surface area contributed by atoms with Crippen molar-refractivity contribution in [3.8, 4) is 11.4 Å². The summed E-state index contributed by atoms with van der Waals surface area (Å²) in [5, 5.41) is 14.4. The van der Waals surface area contributed by atoms with Crippen LogP contribution in [-0.4, -0.2) is 39.0 Å². The lowest BCUT2D eigenvalue weighted by Crippen LogP contribution is -2.14. The number of thiophene rings is 1. The van der Waals surface area contributed by atoms with Gasteiger partial charge in [-0.15, -0.1) is 21.5 Å². The smallest absolute Gasteiger partial charge is 0.338 e. The summed E-state index contributed by atoms with van der Waals surface area (Å²) in [6.45, 7) is 2.09. The number of nitrogens with zero attached hydrogens (tertiary/aromatic N) is 3. The minimum Gasteiger partial charge on any atom is -0.462 e. The van der Waals surface area contributed by atoms with Gasteiger partial charge < -0.3 is 14.6 Å². The average Bonchev–Trinajstić information content (AvgIpc) is 3.36. The van der Waals surface area contributed by atoms with Gasteiger partial charge in [-0.1, -0.05) is 11.8 Å². The van der Waals surface area contributed by atoms with Gasteiger partial charge in [-0.2, -0.15) is 0 Å². The number of benzene rings is 1. The SMILES string of the molecule is CCOC(=O)c1ccc(NC(=O)CSc2nnc(-c3csc4c3CCCC4)n2C)cc1. The maximum absolute atomic E-state index is 12.4. The molecule has 0 unspecified atom stereocenters. The zero-order chi connectivity index (χ0) is 21.8. The molecule has 0 fully saturated rings. The van der Waals surface area contributed by atoms with Crippen LogP contribution >= 0.6 is 23.1 Å². The summed E-state index contributed by atoms with van der Waals surface area (Å²) >= 11 is 3.16. The van der Waals surface area contributed by atoms with Crippen molar-refractivity contribution in [2.45, 2.75) is 37.8 Å². The fraction of sp³-hybridized carbons (Fsp3) is 0.364. The highest BCUT2D eigenvalue weighted by Crippen LogP contribution is 2.36. The van der Waals surface area contributed by atoms with Crippen molar-refractivity contribution in [1.29, 1.82) is 0 Å². The second-order valence-corrected chi connectivity index (χ2v) is 9.16. The molecule has 2 heterocycles. The Morgan fingerprint density at radius 2 is 1.97 bits per heavy atom. The summed E-state index contributed by atoms with van der Waals surface area (Å²) in [7, 11) is 1.94. The van der Waals surface area contributed by atoms with Crippen LogP contribution in [0, 0.1) is 0 Å². The van der Waals surface area contributed by atoms with Crippen molar-refractivity contribution in [3.63, 3.8) is 0 Å². The maximum Gasteiger partial charge on any atom is 0.338 e. The van der Waals surface area contributed by atoms with E-state index in [0.717, 1.165) is 18.7 Å². The number of anilines is 1. The van der Waals surface area contributed by atoms with Crippen LogP contribution in [0.3, 0.4) is 0 Å². The third-order valence-corrected chi connectivity index (χ3v) is 7.26. The van der Waals surface area contributed by atoms with E-state index >= 15 is 0 Å². The van der Waals surface area contributed by atoms with Crippen molar-refractivity contribution in [3.05, 3.63) is 45.6 Å². The molecule has 0 radical (unpaired) electrons. The van der Waals surface area contributed by atoms with E-state index in [1.54, 1.807) is 31.2 Å². The predicted octanol–water partition coefficient (Wildman–Crippen LogP) is 4.33. The van der Waals surface area contributed by atoms with Crippen molar-refractivity contribution in [1.82, 2.24) is 14.8 Å². The first-order chi connectivity index (χ1) is 15.1. The predicted molar refractivity (Wildman–Crippen MR) is 123 cm³/mol. The van der Waals surface area contributed by atoms with Crippen molar-refractivity contribution in [2.24, 2.45) is 7.05 Å².